The third-order valence-electron chi connectivity index (χ3n) is 3.11. The van der Waals surface area contributed by atoms with Crippen LogP contribution in [0.1, 0.15) is 25.3 Å². The van der Waals surface area contributed by atoms with E-state index in [0.29, 0.717) is 27.5 Å². The third-order valence-corrected chi connectivity index (χ3v) is 4.53. The molecular formula is C15H17BrCl2N4S. The predicted octanol–water partition coefficient (Wildman–Crippen LogP) is 5.09. The maximum Gasteiger partial charge on any atom is 0.172 e. The normalized spacial score (nSPS) is 10.6. The number of thiocarbonyl (C=S) groups is 1. The average molecular weight is 436 g/mol. The molecule has 1 heterocycles. The minimum Gasteiger partial charge on any atom is -0.362 e. The second kappa shape index (κ2) is 8.87. The molecule has 8 heteroatoms. The van der Waals surface area contributed by atoms with Crippen LogP contribution < -0.4 is 10.6 Å². The first kappa shape index (κ1) is 18.5. The highest BCUT2D eigenvalue weighted by molar-refractivity contribution is 9.10. The van der Waals surface area contributed by atoms with Crippen molar-refractivity contribution in [2.45, 2.75) is 26.3 Å². The largest absolute Gasteiger partial charge is 0.362 e. The van der Waals surface area contributed by atoms with Gasteiger partial charge in [-0.1, -0.05) is 42.6 Å². The first-order chi connectivity index (χ1) is 11.0. The minimum absolute atomic E-state index is 0.548. The number of aromatic nitrogens is 2. The zero-order valence-electron chi connectivity index (χ0n) is 12.6. The summed E-state index contributed by atoms with van der Waals surface area (Å²) in [5.41, 5.74) is 0.946. The fraction of sp³-hybridized carbons (Fsp3) is 0.333. The van der Waals surface area contributed by atoms with Crippen molar-refractivity contribution in [1.29, 1.82) is 0 Å². The van der Waals surface area contributed by atoms with Crippen molar-refractivity contribution in [2.75, 3.05) is 11.9 Å². The number of nitrogens with zero attached hydrogens (tertiary/aromatic N) is 2. The van der Waals surface area contributed by atoms with Gasteiger partial charge in [-0.15, -0.1) is 0 Å². The van der Waals surface area contributed by atoms with E-state index < -0.39 is 0 Å². The van der Waals surface area contributed by atoms with E-state index in [1.54, 1.807) is 10.7 Å². The van der Waals surface area contributed by atoms with Gasteiger partial charge in [-0.2, -0.15) is 5.10 Å². The van der Waals surface area contributed by atoms with Gasteiger partial charge in [-0.3, -0.25) is 4.68 Å². The Hall–Kier alpha value is -0.820. The summed E-state index contributed by atoms with van der Waals surface area (Å²) in [5.74, 6) is 0.670. The zero-order valence-corrected chi connectivity index (χ0v) is 16.5. The summed E-state index contributed by atoms with van der Waals surface area (Å²) in [5, 5.41) is 12.5. The Kier molecular flexibility index (Phi) is 7.14. The van der Waals surface area contributed by atoms with Gasteiger partial charge in [0.05, 0.1) is 11.0 Å². The predicted molar refractivity (Wildman–Crippen MR) is 105 cm³/mol. The second-order valence-corrected chi connectivity index (χ2v) is 7.10. The smallest absolute Gasteiger partial charge is 0.172 e. The monoisotopic (exact) mass is 434 g/mol. The Morgan fingerprint density at radius 2 is 2.17 bits per heavy atom. The molecule has 0 aliphatic rings. The number of hydrogen-bond acceptors (Lipinski definition) is 2. The van der Waals surface area contributed by atoms with E-state index in [4.69, 9.17) is 35.4 Å². The third kappa shape index (κ3) is 5.64. The lowest BCUT2D eigenvalue weighted by molar-refractivity contribution is 0.689. The molecule has 124 valence electrons. The van der Waals surface area contributed by atoms with Gasteiger partial charge in [0.1, 0.15) is 0 Å². The molecule has 0 radical (unpaired) electrons. The number of unbranched alkanes of at least 4 members (excludes halogenated alkanes) is 1. The molecule has 2 N–H and O–H groups in total. The lowest BCUT2D eigenvalue weighted by Gasteiger charge is -2.08. The summed E-state index contributed by atoms with van der Waals surface area (Å²) in [6.45, 7) is 3.53. The Morgan fingerprint density at radius 1 is 1.39 bits per heavy atom. The first-order valence-electron chi connectivity index (χ1n) is 7.21. The molecule has 0 amide bonds. The molecule has 0 saturated carbocycles. The number of halogens is 3. The molecule has 0 atom stereocenters. The van der Waals surface area contributed by atoms with Crippen molar-refractivity contribution >= 4 is 62.3 Å². The minimum atomic E-state index is 0.548. The molecule has 2 aromatic rings. The fourth-order valence-electron chi connectivity index (χ4n) is 1.92. The maximum absolute atomic E-state index is 6.20. The van der Waals surface area contributed by atoms with Crippen molar-refractivity contribution in [1.82, 2.24) is 15.1 Å². The Morgan fingerprint density at radius 3 is 2.87 bits per heavy atom. The number of benzene rings is 1. The van der Waals surface area contributed by atoms with Crippen LogP contribution in [-0.4, -0.2) is 21.4 Å². The SMILES string of the molecule is CCCCNC(=S)Nc1nn(Cc2ccc(Cl)cc2Cl)cc1Br. The van der Waals surface area contributed by atoms with Crippen LogP contribution in [0.5, 0.6) is 0 Å². The van der Waals surface area contributed by atoms with Crippen LogP contribution in [0.25, 0.3) is 0 Å². The summed E-state index contributed by atoms with van der Waals surface area (Å²) in [4.78, 5) is 0. The van der Waals surface area contributed by atoms with E-state index in [-0.39, 0.29) is 0 Å². The Balaban J connectivity index is 2.01. The average Bonchev–Trinajstić information content (AvgIpc) is 2.82. The number of anilines is 1. The van der Waals surface area contributed by atoms with Crippen LogP contribution in [0.4, 0.5) is 5.82 Å². The zero-order chi connectivity index (χ0) is 16.8. The van der Waals surface area contributed by atoms with Crippen LogP contribution in [0.2, 0.25) is 10.0 Å². The van der Waals surface area contributed by atoms with Crippen LogP contribution in [0, 0.1) is 0 Å². The summed E-state index contributed by atoms with van der Waals surface area (Å²) in [6, 6.07) is 5.43. The molecule has 23 heavy (non-hydrogen) atoms. The molecule has 2 rings (SSSR count). The molecule has 4 nitrogen and oxygen atoms in total. The quantitative estimate of drug-likeness (QED) is 0.489. The highest BCUT2D eigenvalue weighted by Crippen LogP contribution is 2.24. The number of nitrogens with one attached hydrogen (secondary N) is 2. The van der Waals surface area contributed by atoms with Crippen molar-refractivity contribution in [3.05, 3.63) is 44.5 Å². The van der Waals surface area contributed by atoms with Crippen molar-refractivity contribution in [3.8, 4) is 0 Å². The molecule has 0 unspecified atom stereocenters. The van der Waals surface area contributed by atoms with Gasteiger partial charge >= 0.3 is 0 Å². The van der Waals surface area contributed by atoms with E-state index in [2.05, 4.69) is 38.6 Å². The van der Waals surface area contributed by atoms with Gasteiger partial charge in [0, 0.05) is 22.8 Å². The summed E-state index contributed by atoms with van der Waals surface area (Å²) in [6.07, 6.45) is 4.07. The van der Waals surface area contributed by atoms with Crippen molar-refractivity contribution in [2.24, 2.45) is 0 Å². The molecule has 0 aliphatic heterocycles. The van der Waals surface area contributed by atoms with Crippen molar-refractivity contribution < 1.29 is 0 Å². The van der Waals surface area contributed by atoms with Crippen LogP contribution >= 0.6 is 51.3 Å². The summed E-state index contributed by atoms with van der Waals surface area (Å²) < 4.78 is 2.62. The highest BCUT2D eigenvalue weighted by Gasteiger charge is 2.10. The lowest BCUT2D eigenvalue weighted by atomic mass is 10.2. The lowest BCUT2D eigenvalue weighted by Crippen LogP contribution is -2.29. The van der Waals surface area contributed by atoms with E-state index >= 15 is 0 Å². The molecular weight excluding hydrogens is 419 g/mol. The van der Waals surface area contributed by atoms with E-state index in [1.807, 2.05) is 18.3 Å². The van der Waals surface area contributed by atoms with Crippen molar-refractivity contribution in [3.63, 3.8) is 0 Å². The Bertz CT molecular complexity index is 690. The topological polar surface area (TPSA) is 41.9 Å². The fourth-order valence-corrected chi connectivity index (χ4v) is 3.00. The molecule has 0 fully saturated rings. The van der Waals surface area contributed by atoms with Gasteiger partial charge in [0.2, 0.25) is 0 Å². The first-order valence-corrected chi connectivity index (χ1v) is 9.17. The van der Waals surface area contributed by atoms with E-state index in [0.717, 1.165) is 29.4 Å². The molecule has 0 saturated heterocycles. The second-order valence-electron chi connectivity index (χ2n) is 4.99. The number of hydrogen-bond donors (Lipinski definition) is 2. The molecule has 0 spiro atoms. The summed E-state index contributed by atoms with van der Waals surface area (Å²) in [7, 11) is 0. The van der Waals surface area contributed by atoms with Crippen LogP contribution in [-0.2, 0) is 6.54 Å². The van der Waals surface area contributed by atoms with Gasteiger partial charge in [-0.25, -0.2) is 0 Å². The van der Waals surface area contributed by atoms with E-state index in [9.17, 15) is 0 Å². The van der Waals surface area contributed by atoms with Crippen LogP contribution in [0.3, 0.4) is 0 Å². The summed E-state index contributed by atoms with van der Waals surface area (Å²) >= 11 is 20.8. The van der Waals surface area contributed by atoms with Gasteiger partial charge in [0.15, 0.2) is 10.9 Å². The standard InChI is InChI=1S/C15H17BrCl2N4S/c1-2-3-6-19-15(23)20-14-12(16)9-22(21-14)8-10-4-5-11(17)7-13(10)18/h4-5,7,9H,2-3,6,8H2,1H3,(H2,19,20,21,23). The molecule has 1 aromatic heterocycles. The van der Waals surface area contributed by atoms with E-state index in [1.165, 1.54) is 0 Å². The molecule has 1 aromatic carbocycles. The molecule has 0 bridgehead atoms. The highest BCUT2D eigenvalue weighted by atomic mass is 79.9. The molecule has 0 aliphatic carbocycles. The van der Waals surface area contributed by atoms with Gasteiger partial charge in [0.25, 0.3) is 0 Å². The van der Waals surface area contributed by atoms with Gasteiger partial charge < -0.3 is 10.6 Å². The van der Waals surface area contributed by atoms with Crippen LogP contribution in [0.15, 0.2) is 28.9 Å². The van der Waals surface area contributed by atoms with Gasteiger partial charge in [-0.05, 0) is 52.3 Å². The Labute approximate surface area is 159 Å². The maximum atomic E-state index is 6.20. The number of rotatable bonds is 6.